The molecule has 1 aliphatic carbocycles. The fraction of sp³-hybridized carbons (Fsp3) is 0.444. The summed E-state index contributed by atoms with van der Waals surface area (Å²) in [5.74, 6) is 1.26. The summed E-state index contributed by atoms with van der Waals surface area (Å²) in [4.78, 5) is 22.4. The normalized spacial score (nSPS) is 19.9. The average Bonchev–Trinajstić information content (AvgIpc) is 3.07. The Morgan fingerprint density at radius 3 is 3.13 bits per heavy atom. The molecule has 1 aliphatic heterocycles. The number of hydrogen-bond acceptors (Lipinski definition) is 3. The Morgan fingerprint density at radius 1 is 1.35 bits per heavy atom. The molecule has 0 saturated heterocycles. The lowest BCUT2D eigenvalue weighted by Gasteiger charge is -2.33. The molecule has 0 saturated carbocycles. The van der Waals surface area contributed by atoms with E-state index in [4.69, 9.17) is 4.74 Å². The van der Waals surface area contributed by atoms with Gasteiger partial charge in [0.05, 0.1) is 19.1 Å². The minimum Gasteiger partial charge on any atom is -0.497 e. The first kappa shape index (κ1) is 14.3. The summed E-state index contributed by atoms with van der Waals surface area (Å²) in [7, 11) is 1.69. The Morgan fingerprint density at radius 2 is 2.26 bits per heavy atom. The largest absolute Gasteiger partial charge is 0.497 e. The van der Waals surface area contributed by atoms with Crippen LogP contribution in [0, 0.1) is 5.92 Å². The average molecular weight is 311 g/mol. The van der Waals surface area contributed by atoms with E-state index in [9.17, 15) is 4.79 Å². The Labute approximate surface area is 135 Å². The molecule has 5 heteroatoms. The van der Waals surface area contributed by atoms with Gasteiger partial charge in [0.15, 0.2) is 0 Å². The molecular weight excluding hydrogens is 290 g/mol. The summed E-state index contributed by atoms with van der Waals surface area (Å²) in [5, 5.41) is 0. The van der Waals surface area contributed by atoms with Crippen LogP contribution in [0.4, 0.5) is 0 Å². The van der Waals surface area contributed by atoms with Gasteiger partial charge in [-0.2, -0.15) is 0 Å². The van der Waals surface area contributed by atoms with E-state index < -0.39 is 0 Å². The number of ether oxygens (including phenoxy) is 1. The molecule has 1 aromatic heterocycles. The van der Waals surface area contributed by atoms with Gasteiger partial charge < -0.3 is 14.6 Å². The highest BCUT2D eigenvalue weighted by Gasteiger charge is 2.31. The van der Waals surface area contributed by atoms with Crippen molar-refractivity contribution < 1.29 is 9.53 Å². The number of fused-ring (bicyclic) bond motifs is 2. The van der Waals surface area contributed by atoms with Gasteiger partial charge in [0, 0.05) is 31.1 Å². The van der Waals surface area contributed by atoms with Crippen molar-refractivity contribution >= 4 is 5.91 Å². The second-order valence-electron chi connectivity index (χ2n) is 6.41. The summed E-state index contributed by atoms with van der Waals surface area (Å²) < 4.78 is 5.29. The Balaban J connectivity index is 1.48. The molecule has 5 nitrogen and oxygen atoms in total. The molecule has 1 unspecified atom stereocenters. The van der Waals surface area contributed by atoms with E-state index in [-0.39, 0.29) is 11.8 Å². The lowest BCUT2D eigenvalue weighted by molar-refractivity contribution is -0.136. The number of hydrogen-bond donors (Lipinski definition) is 1. The van der Waals surface area contributed by atoms with Crippen LogP contribution >= 0.6 is 0 Å². The fourth-order valence-electron chi connectivity index (χ4n) is 3.71. The monoisotopic (exact) mass is 311 g/mol. The van der Waals surface area contributed by atoms with Gasteiger partial charge in [-0.3, -0.25) is 4.79 Å². The van der Waals surface area contributed by atoms with Crippen molar-refractivity contribution in [3.8, 4) is 5.75 Å². The number of benzene rings is 1. The highest BCUT2D eigenvalue weighted by molar-refractivity contribution is 5.79. The summed E-state index contributed by atoms with van der Waals surface area (Å²) >= 11 is 0. The highest BCUT2D eigenvalue weighted by atomic mass is 16.5. The number of rotatable bonds is 2. The van der Waals surface area contributed by atoms with Crippen molar-refractivity contribution in [2.75, 3.05) is 13.7 Å². The van der Waals surface area contributed by atoms with Crippen molar-refractivity contribution in [3.05, 3.63) is 47.0 Å². The SMILES string of the molecule is COc1ccc2c(c1)CCN(C(=O)C1CCc3nc[nH]c3C1)C2. The Kier molecular flexibility index (Phi) is 3.56. The van der Waals surface area contributed by atoms with E-state index in [1.54, 1.807) is 13.4 Å². The molecule has 2 aliphatic rings. The van der Waals surface area contributed by atoms with E-state index >= 15 is 0 Å². The predicted octanol–water partition coefficient (Wildman–Crippen LogP) is 2.11. The van der Waals surface area contributed by atoms with Gasteiger partial charge in [0.2, 0.25) is 5.91 Å². The summed E-state index contributed by atoms with van der Waals surface area (Å²) in [5.41, 5.74) is 4.80. The molecule has 1 amide bonds. The molecular formula is C18H21N3O2. The van der Waals surface area contributed by atoms with Gasteiger partial charge in [0.1, 0.15) is 5.75 Å². The lowest BCUT2D eigenvalue weighted by Crippen LogP contribution is -2.41. The quantitative estimate of drug-likeness (QED) is 0.924. The van der Waals surface area contributed by atoms with Crippen molar-refractivity contribution in [2.24, 2.45) is 5.92 Å². The molecule has 120 valence electrons. The number of nitrogens with zero attached hydrogens (tertiary/aromatic N) is 2. The van der Waals surface area contributed by atoms with Crippen molar-refractivity contribution in [3.63, 3.8) is 0 Å². The Bertz CT molecular complexity index is 738. The van der Waals surface area contributed by atoms with Gasteiger partial charge in [0.25, 0.3) is 0 Å². The number of carbonyl (C=O) groups is 1. The summed E-state index contributed by atoms with van der Waals surface area (Å²) in [6.07, 6.45) is 5.24. The minimum absolute atomic E-state index is 0.0859. The van der Waals surface area contributed by atoms with Crippen LogP contribution in [0.5, 0.6) is 5.75 Å². The first-order valence-corrected chi connectivity index (χ1v) is 8.20. The van der Waals surface area contributed by atoms with Gasteiger partial charge in [-0.1, -0.05) is 6.07 Å². The molecule has 2 aromatic rings. The zero-order valence-electron chi connectivity index (χ0n) is 13.3. The molecule has 0 bridgehead atoms. The van der Waals surface area contributed by atoms with Crippen molar-refractivity contribution in [1.82, 2.24) is 14.9 Å². The van der Waals surface area contributed by atoms with Crippen LogP contribution < -0.4 is 4.74 Å². The van der Waals surface area contributed by atoms with Crippen LogP contribution in [0.25, 0.3) is 0 Å². The first-order chi connectivity index (χ1) is 11.2. The zero-order valence-corrected chi connectivity index (χ0v) is 13.3. The number of aromatic amines is 1. The van der Waals surface area contributed by atoms with E-state index in [1.165, 1.54) is 11.1 Å². The number of nitrogens with one attached hydrogen (secondary N) is 1. The van der Waals surface area contributed by atoms with Crippen LogP contribution in [0.15, 0.2) is 24.5 Å². The number of aromatic nitrogens is 2. The maximum absolute atomic E-state index is 12.9. The van der Waals surface area contributed by atoms with Crippen molar-refractivity contribution in [2.45, 2.75) is 32.2 Å². The van der Waals surface area contributed by atoms with Crippen LogP contribution in [-0.2, 0) is 30.6 Å². The molecule has 4 rings (SSSR count). The molecule has 1 aromatic carbocycles. The molecule has 1 atom stereocenters. The van der Waals surface area contributed by atoms with Gasteiger partial charge >= 0.3 is 0 Å². The second kappa shape index (κ2) is 5.72. The number of carbonyl (C=O) groups excluding carboxylic acids is 1. The molecule has 1 N–H and O–H groups in total. The van der Waals surface area contributed by atoms with Crippen LogP contribution in [0.2, 0.25) is 0 Å². The first-order valence-electron chi connectivity index (χ1n) is 8.20. The summed E-state index contributed by atoms with van der Waals surface area (Å²) in [6.45, 7) is 1.51. The minimum atomic E-state index is 0.0859. The number of aryl methyl sites for hydroxylation is 1. The number of imidazole rings is 1. The third-order valence-electron chi connectivity index (χ3n) is 5.07. The van der Waals surface area contributed by atoms with E-state index in [0.717, 1.165) is 49.4 Å². The van der Waals surface area contributed by atoms with E-state index in [0.29, 0.717) is 6.54 Å². The predicted molar refractivity (Wildman–Crippen MR) is 86.2 cm³/mol. The van der Waals surface area contributed by atoms with Gasteiger partial charge in [-0.15, -0.1) is 0 Å². The van der Waals surface area contributed by atoms with Crippen LogP contribution in [0.1, 0.15) is 28.9 Å². The molecule has 0 radical (unpaired) electrons. The second-order valence-corrected chi connectivity index (χ2v) is 6.41. The van der Waals surface area contributed by atoms with E-state index in [1.807, 2.05) is 11.0 Å². The molecule has 2 heterocycles. The third kappa shape index (κ3) is 2.60. The maximum atomic E-state index is 12.9. The molecule has 0 spiro atoms. The fourth-order valence-corrected chi connectivity index (χ4v) is 3.71. The van der Waals surface area contributed by atoms with E-state index in [2.05, 4.69) is 22.1 Å². The smallest absolute Gasteiger partial charge is 0.226 e. The highest BCUT2D eigenvalue weighted by Crippen LogP contribution is 2.28. The number of H-pyrrole nitrogens is 1. The maximum Gasteiger partial charge on any atom is 0.226 e. The Hall–Kier alpha value is -2.30. The van der Waals surface area contributed by atoms with Crippen LogP contribution in [-0.4, -0.2) is 34.4 Å². The van der Waals surface area contributed by atoms with Gasteiger partial charge in [-0.25, -0.2) is 4.98 Å². The molecule has 23 heavy (non-hydrogen) atoms. The lowest BCUT2D eigenvalue weighted by atomic mass is 9.88. The third-order valence-corrected chi connectivity index (χ3v) is 5.07. The summed E-state index contributed by atoms with van der Waals surface area (Å²) in [6, 6.07) is 6.15. The standard InChI is InChI=1S/C18H21N3O2/c1-23-15-4-2-14-10-21(7-6-12(14)8-15)18(22)13-3-5-16-17(9-13)20-11-19-16/h2,4,8,11,13H,3,5-7,9-10H2,1H3,(H,19,20). The van der Waals surface area contributed by atoms with Crippen molar-refractivity contribution in [1.29, 1.82) is 0 Å². The number of methoxy groups -OCH3 is 1. The van der Waals surface area contributed by atoms with Crippen LogP contribution in [0.3, 0.4) is 0 Å². The zero-order chi connectivity index (χ0) is 15.8. The van der Waals surface area contributed by atoms with Gasteiger partial charge in [-0.05, 0) is 42.5 Å². The topological polar surface area (TPSA) is 58.2 Å². The molecule has 0 fully saturated rings. The number of amides is 1.